The second kappa shape index (κ2) is 8.31. The van der Waals surface area contributed by atoms with Crippen molar-refractivity contribution in [1.82, 2.24) is 20.6 Å². The Kier molecular flexibility index (Phi) is 5.59. The summed E-state index contributed by atoms with van der Waals surface area (Å²) < 4.78 is 40.5. The average molecular weight is 414 g/mol. The van der Waals surface area contributed by atoms with E-state index in [1.807, 2.05) is 6.08 Å². The second-order valence-electron chi connectivity index (χ2n) is 7.22. The first-order valence-electron chi connectivity index (χ1n) is 9.71. The van der Waals surface area contributed by atoms with Crippen LogP contribution in [0.15, 0.2) is 42.6 Å². The van der Waals surface area contributed by atoms with E-state index in [4.69, 9.17) is 0 Å². The predicted octanol–water partition coefficient (Wildman–Crippen LogP) is 4.51. The van der Waals surface area contributed by atoms with Crippen molar-refractivity contribution in [2.75, 3.05) is 13.1 Å². The SMILES string of the molecule is C[C@@H](NC(=O)c1cc(C2=CCNCC2)nc2cc[nH]c12)c1cccc(C(F)F)c1F. The number of carbonyl (C=O) groups excluding carboxylic acids is 1. The largest absolute Gasteiger partial charge is 0.359 e. The van der Waals surface area contributed by atoms with Crippen molar-refractivity contribution in [2.45, 2.75) is 25.8 Å². The van der Waals surface area contributed by atoms with Crippen LogP contribution in [0.5, 0.6) is 0 Å². The summed E-state index contributed by atoms with van der Waals surface area (Å²) in [5.41, 5.74) is 2.69. The molecule has 0 unspecified atom stereocenters. The maximum atomic E-state index is 14.5. The number of nitrogens with zero attached hydrogens (tertiary/aromatic N) is 1. The van der Waals surface area contributed by atoms with Crippen LogP contribution in [0.3, 0.4) is 0 Å². The van der Waals surface area contributed by atoms with Gasteiger partial charge in [0.15, 0.2) is 0 Å². The average Bonchev–Trinajstić information content (AvgIpc) is 3.22. The molecule has 1 aliphatic rings. The van der Waals surface area contributed by atoms with E-state index < -0.39 is 29.8 Å². The van der Waals surface area contributed by atoms with E-state index in [1.165, 1.54) is 12.1 Å². The summed E-state index contributed by atoms with van der Waals surface area (Å²) in [5.74, 6) is -1.43. The van der Waals surface area contributed by atoms with Crippen LogP contribution in [0.25, 0.3) is 16.6 Å². The number of amides is 1. The number of benzene rings is 1. The van der Waals surface area contributed by atoms with Crippen molar-refractivity contribution >= 4 is 22.5 Å². The molecule has 0 saturated carbocycles. The van der Waals surface area contributed by atoms with Gasteiger partial charge < -0.3 is 15.6 Å². The predicted molar refractivity (Wildman–Crippen MR) is 109 cm³/mol. The molecule has 30 heavy (non-hydrogen) atoms. The van der Waals surface area contributed by atoms with Gasteiger partial charge in [-0.15, -0.1) is 0 Å². The van der Waals surface area contributed by atoms with Crippen LogP contribution in [0, 0.1) is 5.82 Å². The van der Waals surface area contributed by atoms with E-state index in [0.717, 1.165) is 31.1 Å². The molecule has 3 aromatic rings. The number of halogens is 3. The quantitative estimate of drug-likeness (QED) is 0.576. The Balaban J connectivity index is 1.66. The van der Waals surface area contributed by atoms with E-state index in [2.05, 4.69) is 20.6 Å². The van der Waals surface area contributed by atoms with Crippen LogP contribution in [-0.2, 0) is 0 Å². The first kappa shape index (κ1) is 20.2. The Bertz CT molecular complexity index is 1120. The molecule has 3 heterocycles. The Labute approximate surface area is 171 Å². The first-order chi connectivity index (χ1) is 14.5. The summed E-state index contributed by atoms with van der Waals surface area (Å²) in [6.07, 6.45) is 1.61. The van der Waals surface area contributed by atoms with Crippen molar-refractivity contribution in [3.05, 3.63) is 70.8 Å². The number of nitrogens with one attached hydrogen (secondary N) is 3. The van der Waals surface area contributed by atoms with E-state index in [9.17, 15) is 18.0 Å². The van der Waals surface area contributed by atoms with Crippen molar-refractivity contribution < 1.29 is 18.0 Å². The third kappa shape index (κ3) is 3.82. The summed E-state index contributed by atoms with van der Waals surface area (Å²) in [6, 6.07) is 6.50. The van der Waals surface area contributed by atoms with Gasteiger partial charge in [0.1, 0.15) is 5.82 Å². The number of carbonyl (C=O) groups is 1. The fourth-order valence-corrected chi connectivity index (χ4v) is 3.66. The number of pyridine rings is 1. The van der Waals surface area contributed by atoms with Crippen LogP contribution in [0.2, 0.25) is 0 Å². The molecule has 0 saturated heterocycles. The highest BCUT2D eigenvalue weighted by Gasteiger charge is 2.22. The van der Waals surface area contributed by atoms with Gasteiger partial charge in [0.05, 0.1) is 33.9 Å². The fourth-order valence-electron chi connectivity index (χ4n) is 3.66. The van der Waals surface area contributed by atoms with E-state index in [0.29, 0.717) is 22.3 Å². The molecule has 156 valence electrons. The molecule has 1 aromatic carbocycles. The number of hydrogen-bond donors (Lipinski definition) is 3. The highest BCUT2D eigenvalue weighted by atomic mass is 19.3. The third-order valence-corrected chi connectivity index (χ3v) is 5.26. The third-order valence-electron chi connectivity index (χ3n) is 5.26. The Hall–Kier alpha value is -3.13. The molecule has 4 rings (SSSR count). The van der Waals surface area contributed by atoms with E-state index in [1.54, 1.807) is 25.3 Å². The minimum Gasteiger partial charge on any atom is -0.359 e. The molecule has 1 aliphatic heterocycles. The number of aromatic amines is 1. The molecule has 0 spiro atoms. The summed E-state index contributed by atoms with van der Waals surface area (Å²) in [7, 11) is 0. The van der Waals surface area contributed by atoms with Crippen LogP contribution in [0.1, 0.15) is 53.0 Å². The minimum absolute atomic E-state index is 0.0132. The van der Waals surface area contributed by atoms with Crippen LogP contribution in [0.4, 0.5) is 13.2 Å². The van der Waals surface area contributed by atoms with Gasteiger partial charge in [0.2, 0.25) is 0 Å². The molecular weight excluding hydrogens is 393 g/mol. The van der Waals surface area contributed by atoms with Crippen molar-refractivity contribution in [3.8, 4) is 0 Å². The number of alkyl halides is 2. The summed E-state index contributed by atoms with van der Waals surface area (Å²) in [5, 5.41) is 5.97. The van der Waals surface area contributed by atoms with Crippen molar-refractivity contribution in [1.29, 1.82) is 0 Å². The zero-order chi connectivity index (χ0) is 21.3. The van der Waals surface area contributed by atoms with Crippen LogP contribution >= 0.6 is 0 Å². The standard InChI is InChI=1S/C22H21F3N4O/c1-12(14-3-2-4-15(19(14)23)21(24)25)28-22(30)16-11-18(13-5-8-26-9-6-13)29-17-7-10-27-20(16)17/h2-5,7,10-12,21,26-27H,6,8-9H2,1H3,(H,28,30)/t12-/m1/s1. The van der Waals surface area contributed by atoms with Crippen LogP contribution in [-0.4, -0.2) is 29.0 Å². The molecule has 0 radical (unpaired) electrons. The lowest BCUT2D eigenvalue weighted by atomic mass is 10.0. The van der Waals surface area contributed by atoms with E-state index >= 15 is 0 Å². The number of fused-ring (bicyclic) bond motifs is 1. The minimum atomic E-state index is -2.92. The van der Waals surface area contributed by atoms with Gasteiger partial charge in [0.25, 0.3) is 12.3 Å². The molecule has 3 N–H and O–H groups in total. The van der Waals surface area contributed by atoms with Crippen molar-refractivity contribution in [3.63, 3.8) is 0 Å². The molecule has 2 aromatic heterocycles. The Morgan fingerprint density at radius 3 is 2.77 bits per heavy atom. The Morgan fingerprint density at radius 1 is 1.23 bits per heavy atom. The highest BCUT2D eigenvalue weighted by Crippen LogP contribution is 2.28. The first-order valence-corrected chi connectivity index (χ1v) is 9.71. The molecule has 0 fully saturated rings. The molecular formula is C22H21F3N4O. The summed E-state index contributed by atoms with van der Waals surface area (Å²) in [4.78, 5) is 20.7. The molecule has 1 atom stereocenters. The summed E-state index contributed by atoms with van der Waals surface area (Å²) in [6.45, 7) is 3.13. The zero-order valence-electron chi connectivity index (χ0n) is 16.3. The lowest BCUT2D eigenvalue weighted by Gasteiger charge is -2.18. The number of rotatable bonds is 5. The molecule has 5 nitrogen and oxygen atoms in total. The number of hydrogen-bond acceptors (Lipinski definition) is 3. The van der Waals surface area contributed by atoms with Gasteiger partial charge in [-0.05, 0) is 37.6 Å². The molecule has 8 heteroatoms. The maximum Gasteiger partial charge on any atom is 0.266 e. The van der Waals surface area contributed by atoms with Crippen LogP contribution < -0.4 is 10.6 Å². The molecule has 0 aliphatic carbocycles. The number of H-pyrrole nitrogens is 1. The van der Waals surface area contributed by atoms with Gasteiger partial charge in [-0.2, -0.15) is 0 Å². The normalized spacial score (nSPS) is 15.3. The lowest BCUT2D eigenvalue weighted by molar-refractivity contribution is 0.0940. The summed E-state index contributed by atoms with van der Waals surface area (Å²) >= 11 is 0. The maximum absolute atomic E-state index is 14.5. The lowest BCUT2D eigenvalue weighted by Crippen LogP contribution is -2.28. The monoisotopic (exact) mass is 414 g/mol. The zero-order valence-corrected chi connectivity index (χ0v) is 16.3. The van der Waals surface area contributed by atoms with Gasteiger partial charge in [-0.25, -0.2) is 18.2 Å². The smallest absolute Gasteiger partial charge is 0.266 e. The molecule has 1 amide bonds. The van der Waals surface area contributed by atoms with Gasteiger partial charge in [-0.3, -0.25) is 4.79 Å². The molecule has 0 bridgehead atoms. The van der Waals surface area contributed by atoms with Gasteiger partial charge in [-0.1, -0.05) is 24.3 Å². The van der Waals surface area contributed by atoms with Gasteiger partial charge >= 0.3 is 0 Å². The van der Waals surface area contributed by atoms with Crippen molar-refractivity contribution in [2.24, 2.45) is 0 Å². The topological polar surface area (TPSA) is 69.8 Å². The fraction of sp³-hybridized carbons (Fsp3) is 0.273. The number of aromatic nitrogens is 2. The highest BCUT2D eigenvalue weighted by molar-refractivity contribution is 6.05. The van der Waals surface area contributed by atoms with E-state index in [-0.39, 0.29) is 5.56 Å². The Morgan fingerprint density at radius 2 is 2.03 bits per heavy atom. The second-order valence-corrected chi connectivity index (χ2v) is 7.22. The van der Waals surface area contributed by atoms with Gasteiger partial charge in [0, 0.05) is 18.3 Å².